The van der Waals surface area contributed by atoms with E-state index in [9.17, 15) is 0 Å². The van der Waals surface area contributed by atoms with Gasteiger partial charge in [-0.3, -0.25) is 0 Å². The lowest BCUT2D eigenvalue weighted by Gasteiger charge is -2.15. The first-order valence-corrected chi connectivity index (χ1v) is 7.79. The molecule has 0 radical (unpaired) electrons. The van der Waals surface area contributed by atoms with Crippen molar-refractivity contribution in [2.24, 2.45) is 0 Å². The number of nitrogens with one attached hydrogen (secondary N) is 1. The fourth-order valence-electron chi connectivity index (χ4n) is 1.84. The summed E-state index contributed by atoms with van der Waals surface area (Å²) in [5, 5.41) is 10.9. The third kappa shape index (κ3) is 3.34. The highest BCUT2D eigenvalue weighted by molar-refractivity contribution is 7.09. The van der Waals surface area contributed by atoms with Gasteiger partial charge in [0.1, 0.15) is 0 Å². The lowest BCUT2D eigenvalue weighted by Crippen LogP contribution is -2.24. The van der Waals surface area contributed by atoms with Crippen molar-refractivity contribution in [2.75, 3.05) is 6.54 Å². The van der Waals surface area contributed by atoms with Gasteiger partial charge in [-0.2, -0.15) is 0 Å². The molecule has 18 heavy (non-hydrogen) atoms. The van der Waals surface area contributed by atoms with Gasteiger partial charge in [0.15, 0.2) is 0 Å². The van der Waals surface area contributed by atoms with E-state index in [1.165, 1.54) is 16.4 Å². The van der Waals surface area contributed by atoms with Crippen molar-refractivity contribution in [1.82, 2.24) is 19.9 Å². The summed E-state index contributed by atoms with van der Waals surface area (Å²) < 4.78 is 4.03. The first-order chi connectivity index (χ1) is 8.70. The molecule has 0 spiro atoms. The summed E-state index contributed by atoms with van der Waals surface area (Å²) >= 11 is 3.19. The summed E-state index contributed by atoms with van der Waals surface area (Å²) in [6.45, 7) is 7.24. The zero-order chi connectivity index (χ0) is 13.0. The fraction of sp³-hybridized carbons (Fsp3) is 0.583. The quantitative estimate of drug-likeness (QED) is 0.885. The van der Waals surface area contributed by atoms with E-state index in [1.807, 2.05) is 13.8 Å². The summed E-state index contributed by atoms with van der Waals surface area (Å²) in [4.78, 5) is 5.77. The highest BCUT2D eigenvalue weighted by atomic mass is 32.1. The zero-order valence-corrected chi connectivity index (χ0v) is 12.6. The van der Waals surface area contributed by atoms with Crippen LogP contribution in [-0.4, -0.2) is 21.1 Å². The molecule has 0 saturated carbocycles. The first kappa shape index (κ1) is 13.6. The lowest BCUT2D eigenvalue weighted by molar-refractivity contribution is 0.529. The molecule has 0 aliphatic heterocycles. The normalized spacial score (nSPS) is 12.8. The predicted molar refractivity (Wildman–Crippen MR) is 76.2 cm³/mol. The summed E-state index contributed by atoms with van der Waals surface area (Å²) in [6, 6.07) is 0.284. The van der Waals surface area contributed by atoms with Crippen molar-refractivity contribution in [3.63, 3.8) is 0 Å². The Hall–Kier alpha value is -0.850. The van der Waals surface area contributed by atoms with Crippen LogP contribution in [0, 0.1) is 13.8 Å². The van der Waals surface area contributed by atoms with E-state index in [-0.39, 0.29) is 6.04 Å². The van der Waals surface area contributed by atoms with Crippen LogP contribution in [0.3, 0.4) is 0 Å². The number of hydrogen-bond donors (Lipinski definition) is 1. The van der Waals surface area contributed by atoms with Crippen LogP contribution in [0.25, 0.3) is 0 Å². The van der Waals surface area contributed by atoms with Crippen LogP contribution in [0.1, 0.15) is 40.7 Å². The summed E-state index contributed by atoms with van der Waals surface area (Å²) in [7, 11) is 0. The average Bonchev–Trinajstić information content (AvgIpc) is 2.93. The number of hydrogen-bond acceptors (Lipinski definition) is 6. The minimum Gasteiger partial charge on any atom is -0.309 e. The molecule has 0 aliphatic carbocycles. The van der Waals surface area contributed by atoms with Crippen LogP contribution in [0.4, 0.5) is 0 Å². The standard InChI is InChI=1S/C12H18N4S2/c1-4-5-13-11(12-8(2)15-16-18-12)6-10-7-17-9(3)14-10/h7,11,13H,4-6H2,1-3H3. The van der Waals surface area contributed by atoms with Crippen LogP contribution < -0.4 is 5.32 Å². The molecule has 2 rings (SSSR count). The Morgan fingerprint density at radius 1 is 1.39 bits per heavy atom. The molecule has 0 amide bonds. The van der Waals surface area contributed by atoms with Crippen molar-refractivity contribution < 1.29 is 0 Å². The van der Waals surface area contributed by atoms with Crippen molar-refractivity contribution in [2.45, 2.75) is 39.7 Å². The van der Waals surface area contributed by atoms with Crippen LogP contribution in [0.2, 0.25) is 0 Å². The fourth-order valence-corrected chi connectivity index (χ4v) is 3.19. The van der Waals surface area contributed by atoms with E-state index in [2.05, 4.69) is 32.2 Å². The number of thiazole rings is 1. The van der Waals surface area contributed by atoms with E-state index in [0.717, 1.165) is 35.8 Å². The predicted octanol–water partition coefficient (Wildman–Crippen LogP) is 2.89. The minimum absolute atomic E-state index is 0.284. The third-order valence-corrected chi connectivity index (χ3v) is 4.49. The summed E-state index contributed by atoms with van der Waals surface area (Å²) in [6.07, 6.45) is 2.03. The van der Waals surface area contributed by atoms with Crippen LogP contribution in [0.15, 0.2) is 5.38 Å². The van der Waals surface area contributed by atoms with Gasteiger partial charge >= 0.3 is 0 Å². The lowest BCUT2D eigenvalue weighted by atomic mass is 10.1. The van der Waals surface area contributed by atoms with E-state index in [1.54, 1.807) is 11.3 Å². The molecule has 98 valence electrons. The molecular weight excluding hydrogens is 264 g/mol. The van der Waals surface area contributed by atoms with Gasteiger partial charge in [0.2, 0.25) is 0 Å². The molecule has 2 heterocycles. The molecule has 2 aromatic rings. The van der Waals surface area contributed by atoms with Crippen LogP contribution in [-0.2, 0) is 6.42 Å². The summed E-state index contributed by atoms with van der Waals surface area (Å²) in [5.41, 5.74) is 2.18. The van der Waals surface area contributed by atoms with Gasteiger partial charge < -0.3 is 5.32 Å². The molecular formula is C12H18N4S2. The molecule has 1 N–H and O–H groups in total. The average molecular weight is 282 g/mol. The molecule has 0 aliphatic rings. The molecule has 2 aromatic heterocycles. The Labute approximate surface area is 116 Å². The SMILES string of the molecule is CCCNC(Cc1csc(C)n1)c1snnc1C. The Kier molecular flexibility index (Phi) is 4.79. The van der Waals surface area contributed by atoms with Gasteiger partial charge in [0.05, 0.1) is 27.3 Å². The Morgan fingerprint density at radius 2 is 2.22 bits per heavy atom. The van der Waals surface area contributed by atoms with Gasteiger partial charge in [-0.05, 0) is 38.3 Å². The number of rotatable bonds is 6. The second-order valence-electron chi connectivity index (χ2n) is 4.29. The second-order valence-corrected chi connectivity index (χ2v) is 6.14. The topological polar surface area (TPSA) is 50.7 Å². The van der Waals surface area contributed by atoms with Crippen LogP contribution >= 0.6 is 22.9 Å². The highest BCUT2D eigenvalue weighted by Gasteiger charge is 2.18. The second kappa shape index (κ2) is 6.36. The van der Waals surface area contributed by atoms with Crippen LogP contribution in [0.5, 0.6) is 0 Å². The van der Waals surface area contributed by atoms with Crippen molar-refractivity contribution in [3.05, 3.63) is 26.7 Å². The Bertz CT molecular complexity index is 492. The highest BCUT2D eigenvalue weighted by Crippen LogP contribution is 2.24. The Balaban J connectivity index is 2.12. The van der Waals surface area contributed by atoms with Gasteiger partial charge in [-0.1, -0.05) is 11.4 Å². The van der Waals surface area contributed by atoms with E-state index >= 15 is 0 Å². The van der Waals surface area contributed by atoms with Crippen molar-refractivity contribution in [1.29, 1.82) is 0 Å². The largest absolute Gasteiger partial charge is 0.309 e. The van der Waals surface area contributed by atoms with E-state index < -0.39 is 0 Å². The van der Waals surface area contributed by atoms with Gasteiger partial charge in [-0.15, -0.1) is 16.4 Å². The number of aryl methyl sites for hydroxylation is 2. The monoisotopic (exact) mass is 282 g/mol. The zero-order valence-electron chi connectivity index (χ0n) is 10.9. The van der Waals surface area contributed by atoms with Crippen molar-refractivity contribution in [3.8, 4) is 0 Å². The smallest absolute Gasteiger partial charge is 0.0897 e. The maximum atomic E-state index is 4.54. The van der Waals surface area contributed by atoms with E-state index in [0.29, 0.717) is 0 Å². The molecule has 1 unspecified atom stereocenters. The maximum Gasteiger partial charge on any atom is 0.0897 e. The minimum atomic E-state index is 0.284. The first-order valence-electron chi connectivity index (χ1n) is 6.14. The maximum absolute atomic E-state index is 4.54. The van der Waals surface area contributed by atoms with Gasteiger partial charge in [-0.25, -0.2) is 4.98 Å². The van der Waals surface area contributed by atoms with Crippen molar-refractivity contribution >= 4 is 22.9 Å². The molecule has 1 atom stereocenters. The molecule has 0 fully saturated rings. The molecule has 4 nitrogen and oxygen atoms in total. The Morgan fingerprint density at radius 3 is 2.78 bits per heavy atom. The molecule has 0 aromatic carbocycles. The number of nitrogens with zero attached hydrogens (tertiary/aromatic N) is 3. The van der Waals surface area contributed by atoms with Gasteiger partial charge in [0.25, 0.3) is 0 Å². The number of aromatic nitrogens is 3. The van der Waals surface area contributed by atoms with E-state index in [4.69, 9.17) is 0 Å². The van der Waals surface area contributed by atoms with Gasteiger partial charge in [0, 0.05) is 11.8 Å². The molecule has 6 heteroatoms. The third-order valence-electron chi connectivity index (χ3n) is 2.72. The molecule has 0 bridgehead atoms. The summed E-state index contributed by atoms with van der Waals surface area (Å²) in [5.74, 6) is 0. The molecule has 0 saturated heterocycles.